The monoisotopic (exact) mass is 556 g/mol. The summed E-state index contributed by atoms with van der Waals surface area (Å²) in [5.74, 6) is -0.972. The molecular formula is C28H36N4O8. The summed E-state index contributed by atoms with van der Waals surface area (Å²) >= 11 is 0. The minimum Gasteiger partial charge on any atom is -0.493 e. The summed E-state index contributed by atoms with van der Waals surface area (Å²) in [6, 6.07) is 9.54. The molecule has 0 radical (unpaired) electrons. The third kappa shape index (κ3) is 8.34. The number of fused-ring (bicyclic) bond motifs is 1. The number of amides is 4. The number of carbonyl (C=O) groups is 4. The molecule has 0 fully saturated rings. The van der Waals surface area contributed by atoms with Gasteiger partial charge in [-0.25, -0.2) is 0 Å². The van der Waals surface area contributed by atoms with Crippen LogP contribution in [0.25, 0.3) is 0 Å². The van der Waals surface area contributed by atoms with Crippen molar-refractivity contribution in [2.45, 2.75) is 44.4 Å². The first-order chi connectivity index (χ1) is 19.2. The molecule has 12 heteroatoms. The molecule has 1 aliphatic heterocycles. The van der Waals surface area contributed by atoms with E-state index in [1.54, 1.807) is 38.5 Å². The number of aliphatic hydroxyl groups excluding tert-OH is 1. The first-order valence-electron chi connectivity index (χ1n) is 13.0. The fourth-order valence-corrected chi connectivity index (χ4v) is 4.16. The van der Waals surface area contributed by atoms with Gasteiger partial charge in [0, 0.05) is 6.54 Å². The maximum Gasteiger partial charge on any atom is 0.255 e. The first-order valence-corrected chi connectivity index (χ1v) is 13.0. The zero-order valence-corrected chi connectivity index (χ0v) is 22.8. The Bertz CT molecular complexity index is 1200. The number of hydrogen-bond donors (Lipinski definition) is 5. The van der Waals surface area contributed by atoms with Crippen LogP contribution in [0.3, 0.4) is 0 Å². The molecule has 0 spiro atoms. The second kappa shape index (κ2) is 14.7. The summed E-state index contributed by atoms with van der Waals surface area (Å²) in [5.41, 5.74) is 1.16. The van der Waals surface area contributed by atoms with Crippen LogP contribution in [0.1, 0.15) is 35.7 Å². The standard InChI is InChI=1S/C28H36N4O8/c1-17(33)25-28(37)30-13-14-40-21-9-5-4-8-19(21)26(35)31-20(16-24(34)32-25)27(36)29-12-6-7-18-10-11-22(38-2)23(15-18)39-3/h4-5,8-11,15,17,20,25,33H,6-7,12-14,16H2,1-3H3,(H,29,36)(H,30,37)(H,31,35)(H,32,34)/t17-,20+,25+/m1/s1. The second-order valence-corrected chi connectivity index (χ2v) is 9.24. The molecule has 1 heterocycles. The third-order valence-corrected chi connectivity index (χ3v) is 6.27. The Morgan fingerprint density at radius 2 is 1.85 bits per heavy atom. The molecule has 3 atom stereocenters. The zero-order chi connectivity index (χ0) is 29.1. The van der Waals surface area contributed by atoms with E-state index in [-0.39, 0.29) is 31.0 Å². The topological polar surface area (TPSA) is 164 Å². The van der Waals surface area contributed by atoms with Crippen LogP contribution in [0.4, 0.5) is 0 Å². The van der Waals surface area contributed by atoms with Gasteiger partial charge in [-0.2, -0.15) is 0 Å². The lowest BCUT2D eigenvalue weighted by molar-refractivity contribution is -0.133. The minimum absolute atomic E-state index is 0.0422. The maximum absolute atomic E-state index is 13.1. The molecule has 0 saturated carbocycles. The Hall–Kier alpha value is -4.32. The second-order valence-electron chi connectivity index (χ2n) is 9.24. The fourth-order valence-electron chi connectivity index (χ4n) is 4.16. The van der Waals surface area contributed by atoms with Gasteiger partial charge >= 0.3 is 0 Å². The molecule has 3 rings (SSSR count). The van der Waals surface area contributed by atoms with Gasteiger partial charge in [0.05, 0.1) is 38.9 Å². The summed E-state index contributed by atoms with van der Waals surface area (Å²) in [6.07, 6.45) is -0.438. The van der Waals surface area contributed by atoms with E-state index in [1.165, 1.54) is 13.0 Å². The lowest BCUT2D eigenvalue weighted by Gasteiger charge is -2.24. The van der Waals surface area contributed by atoms with Gasteiger partial charge in [-0.05, 0) is 49.6 Å². The molecule has 12 nitrogen and oxygen atoms in total. The average molecular weight is 557 g/mol. The lowest BCUT2D eigenvalue weighted by Crippen LogP contribution is -2.55. The number of aryl methyl sites for hydroxylation is 1. The van der Waals surface area contributed by atoms with Gasteiger partial charge in [0.25, 0.3) is 5.91 Å². The molecule has 0 aromatic heterocycles. The zero-order valence-electron chi connectivity index (χ0n) is 22.8. The Kier molecular flexibility index (Phi) is 11.1. The molecule has 0 unspecified atom stereocenters. The van der Waals surface area contributed by atoms with Gasteiger partial charge in [-0.3, -0.25) is 19.2 Å². The van der Waals surface area contributed by atoms with E-state index >= 15 is 0 Å². The Labute approximate surface area is 232 Å². The highest BCUT2D eigenvalue weighted by Gasteiger charge is 2.30. The van der Waals surface area contributed by atoms with E-state index in [1.807, 2.05) is 12.1 Å². The summed E-state index contributed by atoms with van der Waals surface area (Å²) in [6.45, 7) is 1.77. The SMILES string of the molecule is COc1ccc(CCCNC(=O)[C@@H]2CC(=O)N[C@@H]([C@@H](C)O)C(=O)NCCOc3ccccc3C(=O)N2)cc1OC. The van der Waals surface area contributed by atoms with Crippen molar-refractivity contribution < 1.29 is 38.5 Å². The molecular weight excluding hydrogens is 520 g/mol. The number of nitrogens with one attached hydrogen (secondary N) is 4. The van der Waals surface area contributed by atoms with E-state index in [0.29, 0.717) is 24.3 Å². The smallest absolute Gasteiger partial charge is 0.255 e. The van der Waals surface area contributed by atoms with Crippen LogP contribution in [-0.2, 0) is 20.8 Å². The van der Waals surface area contributed by atoms with Gasteiger partial charge < -0.3 is 40.6 Å². The predicted octanol–water partition coefficient (Wildman–Crippen LogP) is 0.316. The van der Waals surface area contributed by atoms with Crippen molar-refractivity contribution in [3.05, 3.63) is 53.6 Å². The van der Waals surface area contributed by atoms with Gasteiger partial charge in [-0.1, -0.05) is 18.2 Å². The van der Waals surface area contributed by atoms with Crippen LogP contribution in [0.15, 0.2) is 42.5 Å². The number of methoxy groups -OCH3 is 2. The van der Waals surface area contributed by atoms with E-state index in [2.05, 4.69) is 21.3 Å². The lowest BCUT2D eigenvalue weighted by atomic mass is 10.1. The van der Waals surface area contributed by atoms with Crippen molar-refractivity contribution in [3.63, 3.8) is 0 Å². The number of rotatable bonds is 8. The molecule has 5 N–H and O–H groups in total. The van der Waals surface area contributed by atoms with Gasteiger partial charge in [0.15, 0.2) is 11.5 Å². The number of ether oxygens (including phenoxy) is 3. The molecule has 2 aromatic rings. The van der Waals surface area contributed by atoms with Crippen LogP contribution in [-0.4, -0.2) is 80.8 Å². The van der Waals surface area contributed by atoms with Crippen molar-refractivity contribution in [3.8, 4) is 17.2 Å². The summed E-state index contributed by atoms with van der Waals surface area (Å²) in [7, 11) is 3.11. The highest BCUT2D eigenvalue weighted by Crippen LogP contribution is 2.28. The molecule has 40 heavy (non-hydrogen) atoms. The number of para-hydroxylation sites is 1. The van der Waals surface area contributed by atoms with E-state index in [0.717, 1.165) is 5.56 Å². The number of benzene rings is 2. The van der Waals surface area contributed by atoms with Gasteiger partial charge in [-0.15, -0.1) is 0 Å². The molecule has 0 saturated heterocycles. The maximum atomic E-state index is 13.1. The molecule has 1 aliphatic rings. The van der Waals surface area contributed by atoms with E-state index < -0.39 is 48.2 Å². The minimum atomic E-state index is -1.25. The van der Waals surface area contributed by atoms with Crippen molar-refractivity contribution >= 4 is 23.6 Å². The van der Waals surface area contributed by atoms with Gasteiger partial charge in [0.1, 0.15) is 24.4 Å². The first kappa shape index (κ1) is 30.2. The average Bonchev–Trinajstić information content (AvgIpc) is 2.95. The molecule has 0 bridgehead atoms. The van der Waals surface area contributed by atoms with Crippen LogP contribution < -0.4 is 35.5 Å². The van der Waals surface area contributed by atoms with Crippen LogP contribution in [0.5, 0.6) is 17.2 Å². The Morgan fingerprint density at radius 1 is 1.10 bits per heavy atom. The van der Waals surface area contributed by atoms with Crippen molar-refractivity contribution in [2.75, 3.05) is 33.9 Å². The number of carbonyl (C=O) groups excluding carboxylic acids is 4. The Balaban J connectivity index is 1.72. The number of hydrogen-bond acceptors (Lipinski definition) is 8. The van der Waals surface area contributed by atoms with Crippen LogP contribution in [0, 0.1) is 0 Å². The molecule has 4 amide bonds. The van der Waals surface area contributed by atoms with Crippen molar-refractivity contribution in [2.24, 2.45) is 0 Å². The Morgan fingerprint density at radius 3 is 2.58 bits per heavy atom. The van der Waals surface area contributed by atoms with Crippen LogP contribution in [0.2, 0.25) is 0 Å². The number of aliphatic hydroxyl groups is 1. The summed E-state index contributed by atoms with van der Waals surface area (Å²) < 4.78 is 16.2. The molecule has 216 valence electrons. The van der Waals surface area contributed by atoms with E-state index in [9.17, 15) is 24.3 Å². The van der Waals surface area contributed by atoms with Gasteiger partial charge in [0.2, 0.25) is 17.7 Å². The third-order valence-electron chi connectivity index (χ3n) is 6.27. The van der Waals surface area contributed by atoms with E-state index in [4.69, 9.17) is 14.2 Å². The normalized spacial score (nSPS) is 18.9. The molecule has 2 aromatic carbocycles. The largest absolute Gasteiger partial charge is 0.493 e. The van der Waals surface area contributed by atoms with Crippen LogP contribution >= 0.6 is 0 Å². The van der Waals surface area contributed by atoms with Crippen molar-refractivity contribution in [1.29, 1.82) is 0 Å². The summed E-state index contributed by atoms with van der Waals surface area (Å²) in [4.78, 5) is 51.6. The molecule has 0 aliphatic carbocycles. The summed E-state index contributed by atoms with van der Waals surface area (Å²) in [5, 5.41) is 20.5. The highest BCUT2D eigenvalue weighted by molar-refractivity contribution is 6.01. The quantitative estimate of drug-likeness (QED) is 0.290. The highest BCUT2D eigenvalue weighted by atomic mass is 16.5. The fraction of sp³-hybridized carbons (Fsp3) is 0.429. The predicted molar refractivity (Wildman–Crippen MR) is 145 cm³/mol. The van der Waals surface area contributed by atoms with Crippen molar-refractivity contribution in [1.82, 2.24) is 21.3 Å².